The molecule has 0 aromatic rings. The lowest BCUT2D eigenvalue weighted by Crippen LogP contribution is -2.43. The summed E-state index contributed by atoms with van der Waals surface area (Å²) in [6.45, 7) is 7.71. The number of carboxylic acids is 1. The zero-order valence-electron chi connectivity index (χ0n) is 11.5. The summed E-state index contributed by atoms with van der Waals surface area (Å²) < 4.78 is 0. The van der Waals surface area contributed by atoms with E-state index >= 15 is 0 Å². The van der Waals surface area contributed by atoms with Crippen LogP contribution in [0.15, 0.2) is 0 Å². The van der Waals surface area contributed by atoms with Gasteiger partial charge in [0, 0.05) is 18.5 Å². The SMILES string of the molecule is CC1CCC(N(CCCC(=O)O)C(C)C)CC1. The van der Waals surface area contributed by atoms with Gasteiger partial charge in [0.1, 0.15) is 0 Å². The van der Waals surface area contributed by atoms with Gasteiger partial charge in [0.05, 0.1) is 0 Å². The molecule has 0 saturated heterocycles. The fraction of sp³-hybridized carbons (Fsp3) is 0.929. The fourth-order valence-corrected chi connectivity index (χ4v) is 2.85. The maximum Gasteiger partial charge on any atom is 0.303 e. The smallest absolute Gasteiger partial charge is 0.303 e. The molecule has 0 aromatic heterocycles. The topological polar surface area (TPSA) is 40.5 Å². The van der Waals surface area contributed by atoms with Gasteiger partial charge in [0.25, 0.3) is 0 Å². The van der Waals surface area contributed by atoms with Crippen molar-refractivity contribution in [2.75, 3.05) is 6.54 Å². The van der Waals surface area contributed by atoms with Crippen molar-refractivity contribution in [3.05, 3.63) is 0 Å². The summed E-state index contributed by atoms with van der Waals surface area (Å²) >= 11 is 0. The highest BCUT2D eigenvalue weighted by Crippen LogP contribution is 2.28. The van der Waals surface area contributed by atoms with Crippen LogP contribution < -0.4 is 0 Å². The van der Waals surface area contributed by atoms with Crippen molar-refractivity contribution >= 4 is 5.97 Å². The minimum absolute atomic E-state index is 0.298. The molecule has 0 aromatic carbocycles. The first-order chi connectivity index (χ1) is 8.00. The quantitative estimate of drug-likeness (QED) is 0.776. The first kappa shape index (κ1) is 14.5. The van der Waals surface area contributed by atoms with Crippen molar-refractivity contribution < 1.29 is 9.90 Å². The van der Waals surface area contributed by atoms with Crippen LogP contribution in [0.5, 0.6) is 0 Å². The van der Waals surface area contributed by atoms with E-state index in [9.17, 15) is 4.79 Å². The van der Waals surface area contributed by atoms with Gasteiger partial charge in [-0.15, -0.1) is 0 Å². The van der Waals surface area contributed by atoms with E-state index in [4.69, 9.17) is 5.11 Å². The molecule has 3 heteroatoms. The number of aliphatic carboxylic acids is 1. The summed E-state index contributed by atoms with van der Waals surface area (Å²) in [4.78, 5) is 13.1. The standard InChI is InChI=1S/C14H27NO2/c1-11(2)15(10-4-5-14(16)17)13-8-6-12(3)7-9-13/h11-13H,4-10H2,1-3H3,(H,16,17). The van der Waals surface area contributed by atoms with Crippen molar-refractivity contribution in [1.82, 2.24) is 4.90 Å². The molecule has 0 bridgehead atoms. The van der Waals surface area contributed by atoms with Crippen molar-refractivity contribution in [3.63, 3.8) is 0 Å². The molecular weight excluding hydrogens is 214 g/mol. The maximum absolute atomic E-state index is 10.6. The van der Waals surface area contributed by atoms with Crippen LogP contribution in [0, 0.1) is 5.92 Å². The highest BCUT2D eigenvalue weighted by Gasteiger charge is 2.25. The highest BCUT2D eigenvalue weighted by molar-refractivity contribution is 5.66. The van der Waals surface area contributed by atoms with Crippen LogP contribution >= 0.6 is 0 Å². The summed E-state index contributed by atoms with van der Waals surface area (Å²) in [5.41, 5.74) is 0. The molecule has 1 aliphatic rings. The molecule has 0 amide bonds. The number of rotatable bonds is 6. The van der Waals surface area contributed by atoms with Crippen molar-refractivity contribution in [2.45, 2.75) is 71.4 Å². The highest BCUT2D eigenvalue weighted by atomic mass is 16.4. The average Bonchev–Trinajstić information content (AvgIpc) is 2.25. The van der Waals surface area contributed by atoms with Gasteiger partial charge in [-0.3, -0.25) is 9.69 Å². The Bertz CT molecular complexity index is 232. The third kappa shape index (κ3) is 5.07. The Hall–Kier alpha value is -0.570. The van der Waals surface area contributed by atoms with E-state index < -0.39 is 5.97 Å². The van der Waals surface area contributed by atoms with E-state index in [1.165, 1.54) is 25.7 Å². The summed E-state index contributed by atoms with van der Waals surface area (Å²) in [7, 11) is 0. The predicted molar refractivity (Wildman–Crippen MR) is 70.1 cm³/mol. The third-order valence-electron chi connectivity index (χ3n) is 3.92. The lowest BCUT2D eigenvalue weighted by atomic mass is 9.86. The number of hydrogen-bond acceptors (Lipinski definition) is 2. The second-order valence-electron chi connectivity index (χ2n) is 5.74. The molecule has 17 heavy (non-hydrogen) atoms. The third-order valence-corrected chi connectivity index (χ3v) is 3.92. The molecule has 1 aliphatic carbocycles. The summed E-state index contributed by atoms with van der Waals surface area (Å²) in [5, 5.41) is 8.69. The zero-order valence-corrected chi connectivity index (χ0v) is 11.5. The number of carboxylic acid groups (broad SMARTS) is 1. The van der Waals surface area contributed by atoms with Gasteiger partial charge in [-0.25, -0.2) is 0 Å². The molecule has 0 aliphatic heterocycles. The van der Waals surface area contributed by atoms with Gasteiger partial charge in [-0.1, -0.05) is 6.92 Å². The molecule has 1 rings (SSSR count). The van der Waals surface area contributed by atoms with Crippen LogP contribution in [0.3, 0.4) is 0 Å². The Morgan fingerprint density at radius 2 is 1.88 bits per heavy atom. The van der Waals surface area contributed by atoms with Crippen LogP contribution in [0.4, 0.5) is 0 Å². The maximum atomic E-state index is 10.6. The largest absolute Gasteiger partial charge is 0.481 e. The minimum Gasteiger partial charge on any atom is -0.481 e. The first-order valence-corrected chi connectivity index (χ1v) is 6.98. The van der Waals surface area contributed by atoms with E-state index in [-0.39, 0.29) is 0 Å². The molecule has 0 spiro atoms. The number of nitrogens with zero attached hydrogens (tertiary/aromatic N) is 1. The van der Waals surface area contributed by atoms with Crippen molar-refractivity contribution in [3.8, 4) is 0 Å². The predicted octanol–water partition coefficient (Wildman–Crippen LogP) is 3.14. The fourth-order valence-electron chi connectivity index (χ4n) is 2.85. The van der Waals surface area contributed by atoms with E-state index in [2.05, 4.69) is 25.7 Å². The molecule has 100 valence electrons. The van der Waals surface area contributed by atoms with Gasteiger partial charge in [0.2, 0.25) is 0 Å². The number of carbonyl (C=O) groups is 1. The molecule has 0 radical (unpaired) electrons. The minimum atomic E-state index is -0.675. The van der Waals surface area contributed by atoms with Crippen LogP contribution in [-0.4, -0.2) is 34.6 Å². The molecule has 0 heterocycles. The Labute approximate surface area is 105 Å². The molecular formula is C14H27NO2. The van der Waals surface area contributed by atoms with E-state index in [1.807, 2.05) is 0 Å². The van der Waals surface area contributed by atoms with Crippen LogP contribution in [-0.2, 0) is 4.79 Å². The van der Waals surface area contributed by atoms with Gasteiger partial charge in [0.15, 0.2) is 0 Å². The van der Waals surface area contributed by atoms with Crippen LogP contribution in [0.2, 0.25) is 0 Å². The molecule has 1 N–H and O–H groups in total. The number of hydrogen-bond donors (Lipinski definition) is 1. The molecule has 0 unspecified atom stereocenters. The molecule has 0 atom stereocenters. The van der Waals surface area contributed by atoms with E-state index in [0.717, 1.165) is 18.9 Å². The normalized spacial score (nSPS) is 25.5. The Kier molecular flexibility index (Phi) is 5.96. The van der Waals surface area contributed by atoms with Gasteiger partial charge in [-0.05, 0) is 58.4 Å². The van der Waals surface area contributed by atoms with E-state index in [0.29, 0.717) is 18.5 Å². The molecule has 1 saturated carbocycles. The van der Waals surface area contributed by atoms with Crippen LogP contribution in [0.25, 0.3) is 0 Å². The molecule has 3 nitrogen and oxygen atoms in total. The molecule has 1 fully saturated rings. The Balaban J connectivity index is 2.39. The Morgan fingerprint density at radius 1 is 1.29 bits per heavy atom. The van der Waals surface area contributed by atoms with Crippen molar-refractivity contribution in [2.24, 2.45) is 5.92 Å². The second kappa shape index (κ2) is 7.00. The first-order valence-electron chi connectivity index (χ1n) is 6.98. The van der Waals surface area contributed by atoms with Gasteiger partial charge in [-0.2, -0.15) is 0 Å². The van der Waals surface area contributed by atoms with Crippen LogP contribution in [0.1, 0.15) is 59.3 Å². The van der Waals surface area contributed by atoms with Gasteiger partial charge < -0.3 is 5.11 Å². The summed E-state index contributed by atoms with van der Waals surface area (Å²) in [6.07, 6.45) is 6.30. The second-order valence-corrected chi connectivity index (χ2v) is 5.74. The zero-order chi connectivity index (χ0) is 12.8. The average molecular weight is 241 g/mol. The summed E-state index contributed by atoms with van der Waals surface area (Å²) in [6, 6.07) is 1.21. The summed E-state index contributed by atoms with van der Waals surface area (Å²) in [5.74, 6) is 0.199. The lowest BCUT2D eigenvalue weighted by molar-refractivity contribution is -0.137. The lowest BCUT2D eigenvalue weighted by Gasteiger charge is -2.38. The van der Waals surface area contributed by atoms with E-state index in [1.54, 1.807) is 0 Å². The van der Waals surface area contributed by atoms with Gasteiger partial charge >= 0.3 is 5.97 Å². The monoisotopic (exact) mass is 241 g/mol. The van der Waals surface area contributed by atoms with Crippen molar-refractivity contribution in [1.29, 1.82) is 0 Å². The Morgan fingerprint density at radius 3 is 2.35 bits per heavy atom.